The zero-order valence-corrected chi connectivity index (χ0v) is 9.64. The highest BCUT2D eigenvalue weighted by molar-refractivity contribution is 7.92. The highest BCUT2D eigenvalue weighted by atomic mass is 32.2. The fraction of sp³-hybridized carbons (Fsp3) is 1.00. The second-order valence-corrected chi connectivity index (χ2v) is 6.41. The van der Waals surface area contributed by atoms with Crippen molar-refractivity contribution >= 4 is 9.84 Å². The fourth-order valence-corrected chi connectivity index (χ4v) is 3.10. The van der Waals surface area contributed by atoms with E-state index in [1.165, 1.54) is 0 Å². The van der Waals surface area contributed by atoms with E-state index in [1.54, 1.807) is 14.0 Å². The third-order valence-electron chi connectivity index (χ3n) is 2.68. The zero-order chi connectivity index (χ0) is 10.6. The summed E-state index contributed by atoms with van der Waals surface area (Å²) in [7, 11) is -1.32. The Morgan fingerprint density at radius 1 is 1.50 bits per heavy atom. The maximum absolute atomic E-state index is 11.8. The first-order chi connectivity index (χ1) is 6.56. The fourth-order valence-electron chi connectivity index (χ4n) is 1.42. The van der Waals surface area contributed by atoms with E-state index in [-0.39, 0.29) is 5.25 Å². The van der Waals surface area contributed by atoms with Gasteiger partial charge in [0, 0.05) is 26.8 Å². The molecule has 0 radical (unpaired) electrons. The lowest BCUT2D eigenvalue weighted by atomic mass is 10.1. The molecule has 0 aromatic carbocycles. The monoisotopic (exact) mass is 221 g/mol. The van der Waals surface area contributed by atoms with E-state index in [0.29, 0.717) is 24.7 Å². The number of ether oxygens (including phenoxy) is 1. The minimum atomic E-state index is -2.91. The highest BCUT2D eigenvalue weighted by Crippen LogP contribution is 2.13. The van der Waals surface area contributed by atoms with E-state index < -0.39 is 9.84 Å². The third kappa shape index (κ3) is 3.22. The quantitative estimate of drug-likeness (QED) is 0.688. The van der Waals surface area contributed by atoms with Crippen LogP contribution in [0, 0.1) is 5.92 Å². The van der Waals surface area contributed by atoms with Crippen LogP contribution in [0.4, 0.5) is 0 Å². The molecule has 1 aliphatic heterocycles. The molecule has 1 aliphatic rings. The summed E-state index contributed by atoms with van der Waals surface area (Å²) in [6, 6.07) is 0. The molecule has 84 valence electrons. The highest BCUT2D eigenvalue weighted by Gasteiger charge is 2.28. The zero-order valence-electron chi connectivity index (χ0n) is 8.82. The van der Waals surface area contributed by atoms with Gasteiger partial charge >= 0.3 is 0 Å². The lowest BCUT2D eigenvalue weighted by Crippen LogP contribution is -2.46. The van der Waals surface area contributed by atoms with Crippen LogP contribution in [0.3, 0.4) is 0 Å². The van der Waals surface area contributed by atoms with Gasteiger partial charge in [0.05, 0.1) is 11.0 Å². The van der Waals surface area contributed by atoms with Gasteiger partial charge in [-0.3, -0.25) is 0 Å². The molecule has 0 amide bonds. The van der Waals surface area contributed by atoms with E-state index in [2.05, 4.69) is 5.32 Å². The van der Waals surface area contributed by atoms with Gasteiger partial charge < -0.3 is 10.1 Å². The largest absolute Gasteiger partial charge is 0.385 e. The molecular formula is C9H19NO3S. The molecule has 1 unspecified atom stereocenters. The summed E-state index contributed by atoms with van der Waals surface area (Å²) in [4.78, 5) is 0. The van der Waals surface area contributed by atoms with Crippen molar-refractivity contribution in [3.8, 4) is 0 Å². The minimum absolute atomic E-state index is 0.275. The molecule has 1 saturated heterocycles. The molecule has 0 aliphatic carbocycles. The molecule has 5 heteroatoms. The topological polar surface area (TPSA) is 55.4 Å². The summed E-state index contributed by atoms with van der Waals surface area (Å²) >= 11 is 0. The molecule has 1 atom stereocenters. The van der Waals surface area contributed by atoms with E-state index in [9.17, 15) is 8.42 Å². The smallest absolute Gasteiger partial charge is 0.153 e. The van der Waals surface area contributed by atoms with Crippen LogP contribution in [0.15, 0.2) is 0 Å². The second kappa shape index (κ2) is 5.09. The first kappa shape index (κ1) is 11.9. The van der Waals surface area contributed by atoms with Crippen molar-refractivity contribution in [3.05, 3.63) is 0 Å². The van der Waals surface area contributed by atoms with Crippen molar-refractivity contribution in [2.75, 3.05) is 32.6 Å². The van der Waals surface area contributed by atoms with E-state index >= 15 is 0 Å². The van der Waals surface area contributed by atoms with Gasteiger partial charge in [0.15, 0.2) is 9.84 Å². The van der Waals surface area contributed by atoms with E-state index in [0.717, 1.165) is 13.1 Å². The molecule has 0 saturated carbocycles. The van der Waals surface area contributed by atoms with Gasteiger partial charge in [-0.15, -0.1) is 0 Å². The summed E-state index contributed by atoms with van der Waals surface area (Å²) in [5, 5.41) is 2.80. The van der Waals surface area contributed by atoms with E-state index in [4.69, 9.17) is 4.74 Å². The number of hydrogen-bond acceptors (Lipinski definition) is 4. The SMILES string of the molecule is COCCC(C)S(=O)(=O)CC1CNC1. The van der Waals surface area contributed by atoms with Crippen LogP contribution in [-0.4, -0.2) is 46.2 Å². The molecule has 1 heterocycles. The van der Waals surface area contributed by atoms with Crippen molar-refractivity contribution in [1.29, 1.82) is 0 Å². The summed E-state index contributed by atoms with van der Waals surface area (Å²) in [6.45, 7) is 3.97. The first-order valence-corrected chi connectivity index (χ1v) is 6.69. The average Bonchev–Trinajstić information content (AvgIpc) is 2.07. The molecule has 4 nitrogen and oxygen atoms in total. The van der Waals surface area contributed by atoms with Gasteiger partial charge in [-0.2, -0.15) is 0 Å². The minimum Gasteiger partial charge on any atom is -0.385 e. The molecule has 1 rings (SSSR count). The van der Waals surface area contributed by atoms with Crippen LogP contribution >= 0.6 is 0 Å². The summed E-state index contributed by atoms with van der Waals surface area (Å²) in [5.41, 5.74) is 0. The standard InChI is InChI=1S/C9H19NO3S/c1-8(3-4-13-2)14(11,12)7-9-5-10-6-9/h8-10H,3-7H2,1-2H3. The lowest BCUT2D eigenvalue weighted by molar-refractivity contribution is 0.194. The Labute approximate surface area is 85.9 Å². The normalized spacial score (nSPS) is 20.4. The van der Waals surface area contributed by atoms with Gasteiger partial charge in [0.2, 0.25) is 0 Å². The number of methoxy groups -OCH3 is 1. The number of rotatable bonds is 6. The van der Waals surface area contributed by atoms with Gasteiger partial charge in [0.1, 0.15) is 0 Å². The van der Waals surface area contributed by atoms with Crippen LogP contribution in [0.5, 0.6) is 0 Å². The molecule has 0 bridgehead atoms. The Bertz CT molecular complexity index is 259. The molecule has 0 aromatic rings. The van der Waals surface area contributed by atoms with Crippen LogP contribution < -0.4 is 5.32 Å². The summed E-state index contributed by atoms with van der Waals surface area (Å²) in [6.07, 6.45) is 0.596. The van der Waals surface area contributed by atoms with Crippen molar-refractivity contribution in [2.45, 2.75) is 18.6 Å². The Kier molecular flexibility index (Phi) is 4.34. The summed E-state index contributed by atoms with van der Waals surface area (Å²) in [5.74, 6) is 0.648. The predicted molar refractivity (Wildman–Crippen MR) is 56.1 cm³/mol. The van der Waals surface area contributed by atoms with Crippen LogP contribution in [0.2, 0.25) is 0 Å². The second-order valence-electron chi connectivity index (χ2n) is 3.95. The third-order valence-corrected chi connectivity index (χ3v) is 5.07. The van der Waals surface area contributed by atoms with Crippen molar-refractivity contribution < 1.29 is 13.2 Å². The molecule has 14 heavy (non-hydrogen) atoms. The number of sulfone groups is 1. The van der Waals surface area contributed by atoms with E-state index in [1.807, 2.05) is 0 Å². The molecule has 1 N–H and O–H groups in total. The van der Waals surface area contributed by atoms with Gasteiger partial charge in [-0.25, -0.2) is 8.42 Å². The molecule has 0 spiro atoms. The van der Waals surface area contributed by atoms with Gasteiger partial charge in [-0.05, 0) is 19.3 Å². The van der Waals surface area contributed by atoms with Crippen LogP contribution in [0.25, 0.3) is 0 Å². The Hall–Kier alpha value is -0.130. The Balaban J connectivity index is 2.37. The lowest BCUT2D eigenvalue weighted by Gasteiger charge is -2.27. The van der Waals surface area contributed by atoms with Gasteiger partial charge in [-0.1, -0.05) is 0 Å². The Morgan fingerprint density at radius 2 is 2.14 bits per heavy atom. The van der Waals surface area contributed by atoms with Crippen molar-refractivity contribution in [3.63, 3.8) is 0 Å². The summed E-state index contributed by atoms with van der Waals surface area (Å²) < 4.78 is 28.4. The van der Waals surface area contributed by atoms with Crippen molar-refractivity contribution in [1.82, 2.24) is 5.32 Å². The number of nitrogens with one attached hydrogen (secondary N) is 1. The first-order valence-electron chi connectivity index (χ1n) is 4.97. The molecule has 0 aromatic heterocycles. The number of hydrogen-bond donors (Lipinski definition) is 1. The Morgan fingerprint density at radius 3 is 2.57 bits per heavy atom. The molecule has 1 fully saturated rings. The molecular weight excluding hydrogens is 202 g/mol. The maximum Gasteiger partial charge on any atom is 0.153 e. The maximum atomic E-state index is 11.8. The average molecular weight is 221 g/mol. The van der Waals surface area contributed by atoms with Crippen LogP contribution in [-0.2, 0) is 14.6 Å². The van der Waals surface area contributed by atoms with Crippen LogP contribution in [0.1, 0.15) is 13.3 Å². The predicted octanol–water partition coefficient (Wildman–Crippen LogP) is 0.0456. The van der Waals surface area contributed by atoms with Gasteiger partial charge in [0.25, 0.3) is 0 Å². The van der Waals surface area contributed by atoms with Crippen molar-refractivity contribution in [2.24, 2.45) is 5.92 Å².